The summed E-state index contributed by atoms with van der Waals surface area (Å²) in [6.07, 6.45) is 0.602. The molecule has 8 nitrogen and oxygen atoms in total. The number of imidazole rings is 1. The number of para-hydroxylation sites is 1. The summed E-state index contributed by atoms with van der Waals surface area (Å²) in [5.41, 5.74) is 2.12. The SMILES string of the molecule is CC(F)Oc1ccccc1[C@H]1CN(S(C)(=O)=O)Cc2nc3cc(F)c(-c4ccc(S(C)(=O)=O)cc4)cc3n21. The van der Waals surface area contributed by atoms with Crippen LogP contribution >= 0.6 is 0 Å². The zero-order valence-electron chi connectivity index (χ0n) is 20.8. The Kier molecular flexibility index (Phi) is 6.52. The third-order valence-corrected chi connectivity index (χ3v) is 8.83. The number of nitrogens with zero attached hydrogens (tertiary/aromatic N) is 3. The maximum atomic E-state index is 15.3. The van der Waals surface area contributed by atoms with Crippen molar-refractivity contribution in [2.45, 2.75) is 30.8 Å². The molecule has 0 aliphatic carbocycles. The number of rotatable bonds is 6. The van der Waals surface area contributed by atoms with E-state index < -0.39 is 38.1 Å². The average Bonchev–Trinajstić information content (AvgIpc) is 3.19. The maximum absolute atomic E-state index is 15.3. The van der Waals surface area contributed by atoms with E-state index in [1.165, 1.54) is 41.6 Å². The Morgan fingerprint density at radius 2 is 1.71 bits per heavy atom. The molecule has 0 spiro atoms. The summed E-state index contributed by atoms with van der Waals surface area (Å²) in [5.74, 6) is 0.0923. The number of fused-ring (bicyclic) bond motifs is 3. The van der Waals surface area contributed by atoms with E-state index in [-0.39, 0.29) is 29.3 Å². The fraction of sp³-hybridized carbons (Fsp3) is 0.269. The van der Waals surface area contributed by atoms with Gasteiger partial charge in [-0.1, -0.05) is 30.3 Å². The molecule has 0 radical (unpaired) electrons. The van der Waals surface area contributed by atoms with Crippen molar-refractivity contribution in [1.29, 1.82) is 0 Å². The van der Waals surface area contributed by atoms with E-state index in [4.69, 9.17) is 4.74 Å². The Labute approximate surface area is 219 Å². The number of benzene rings is 3. The second kappa shape index (κ2) is 9.44. The fourth-order valence-corrected chi connectivity index (χ4v) is 6.15. The van der Waals surface area contributed by atoms with E-state index in [0.717, 1.165) is 12.5 Å². The van der Waals surface area contributed by atoms with E-state index in [1.807, 2.05) is 4.57 Å². The minimum Gasteiger partial charge on any atom is -0.460 e. The van der Waals surface area contributed by atoms with Crippen molar-refractivity contribution in [2.24, 2.45) is 0 Å². The van der Waals surface area contributed by atoms with Gasteiger partial charge in [-0.2, -0.15) is 4.31 Å². The number of sulfone groups is 1. The van der Waals surface area contributed by atoms with Crippen LogP contribution in [-0.2, 0) is 26.4 Å². The summed E-state index contributed by atoms with van der Waals surface area (Å²) in [6.45, 7) is 1.27. The predicted molar refractivity (Wildman–Crippen MR) is 139 cm³/mol. The topological polar surface area (TPSA) is 98.6 Å². The molecular weight excluding hydrogens is 536 g/mol. The van der Waals surface area contributed by atoms with Crippen LogP contribution in [-0.4, -0.2) is 56.1 Å². The summed E-state index contributed by atoms with van der Waals surface area (Å²) in [4.78, 5) is 4.66. The highest BCUT2D eigenvalue weighted by Gasteiger charge is 2.35. The van der Waals surface area contributed by atoms with Gasteiger partial charge in [0.25, 0.3) is 0 Å². The van der Waals surface area contributed by atoms with E-state index in [9.17, 15) is 21.2 Å². The number of aromatic nitrogens is 2. The summed E-state index contributed by atoms with van der Waals surface area (Å²) in [6, 6.07) is 14.9. The molecule has 1 aliphatic rings. The molecule has 0 saturated carbocycles. The van der Waals surface area contributed by atoms with Gasteiger partial charge in [-0.15, -0.1) is 0 Å². The molecular formula is C26H25F2N3O5S2. The van der Waals surface area contributed by atoms with Crippen LogP contribution in [0.1, 0.15) is 24.4 Å². The van der Waals surface area contributed by atoms with Gasteiger partial charge in [0.1, 0.15) is 17.4 Å². The van der Waals surface area contributed by atoms with Gasteiger partial charge in [0.2, 0.25) is 16.4 Å². The largest absolute Gasteiger partial charge is 0.460 e. The Morgan fingerprint density at radius 3 is 2.34 bits per heavy atom. The first-order valence-corrected chi connectivity index (χ1v) is 15.4. The number of ether oxygens (including phenoxy) is 1. The zero-order chi connectivity index (χ0) is 27.4. The number of alkyl halides is 1. The lowest BCUT2D eigenvalue weighted by atomic mass is 10.0. The van der Waals surface area contributed by atoms with Gasteiger partial charge in [-0.3, -0.25) is 0 Å². The maximum Gasteiger partial charge on any atom is 0.235 e. The first-order chi connectivity index (χ1) is 17.8. The van der Waals surface area contributed by atoms with Crippen molar-refractivity contribution >= 4 is 30.9 Å². The molecule has 0 fully saturated rings. The number of hydrogen-bond donors (Lipinski definition) is 0. The Balaban J connectivity index is 1.71. The van der Waals surface area contributed by atoms with Gasteiger partial charge >= 0.3 is 0 Å². The first kappa shape index (κ1) is 26.3. The van der Waals surface area contributed by atoms with Gasteiger partial charge in [0.05, 0.1) is 34.8 Å². The molecule has 0 saturated heterocycles. The molecule has 200 valence electrons. The molecule has 38 heavy (non-hydrogen) atoms. The van der Waals surface area contributed by atoms with Crippen molar-refractivity contribution in [3.63, 3.8) is 0 Å². The standard InChI is InChI=1S/C26H25F2N3O5S2/c1-16(27)36-25-7-5-4-6-19(25)24-14-30(38(3,34)35)15-26-29-22-13-21(28)20(12-23(22)31(24)26)17-8-10-18(11-9-17)37(2,32)33/h4-13,16,24H,14-15H2,1-3H3/t16?,24-/m1/s1. The normalized spacial score (nSPS) is 17.3. The lowest BCUT2D eigenvalue weighted by Crippen LogP contribution is -2.41. The molecule has 0 amide bonds. The highest BCUT2D eigenvalue weighted by Crippen LogP contribution is 2.38. The van der Waals surface area contributed by atoms with Crippen LogP contribution in [0.15, 0.2) is 65.6 Å². The highest BCUT2D eigenvalue weighted by molar-refractivity contribution is 7.90. The highest BCUT2D eigenvalue weighted by atomic mass is 32.2. The molecule has 1 aliphatic heterocycles. The summed E-state index contributed by atoms with van der Waals surface area (Å²) in [5, 5.41) is 0. The molecule has 12 heteroatoms. The molecule has 5 rings (SSSR count). The molecule has 1 unspecified atom stereocenters. The minimum absolute atomic E-state index is 0.0213. The van der Waals surface area contributed by atoms with E-state index in [0.29, 0.717) is 28.0 Å². The quantitative estimate of drug-likeness (QED) is 0.348. The number of halogens is 2. The summed E-state index contributed by atoms with van der Waals surface area (Å²) in [7, 11) is -7.03. The van der Waals surface area contributed by atoms with Crippen LogP contribution in [0.5, 0.6) is 5.75 Å². The molecule has 3 aromatic carbocycles. The van der Waals surface area contributed by atoms with Crippen LogP contribution in [0.2, 0.25) is 0 Å². The van der Waals surface area contributed by atoms with Crippen molar-refractivity contribution in [3.8, 4) is 16.9 Å². The van der Waals surface area contributed by atoms with Gasteiger partial charge in [-0.05, 0) is 29.8 Å². The van der Waals surface area contributed by atoms with Crippen LogP contribution in [0.25, 0.3) is 22.2 Å². The zero-order valence-corrected chi connectivity index (χ0v) is 22.4. The summed E-state index contributed by atoms with van der Waals surface area (Å²) < 4.78 is 86.4. The molecule has 0 N–H and O–H groups in total. The van der Waals surface area contributed by atoms with Gasteiger partial charge in [0.15, 0.2) is 9.84 Å². The van der Waals surface area contributed by atoms with Gasteiger partial charge in [-0.25, -0.2) is 30.6 Å². The Morgan fingerprint density at radius 1 is 1.03 bits per heavy atom. The second-order valence-corrected chi connectivity index (χ2v) is 13.3. The Hall–Kier alpha value is -3.35. The predicted octanol–water partition coefficient (Wildman–Crippen LogP) is 4.30. The second-order valence-electron chi connectivity index (χ2n) is 9.29. The third-order valence-electron chi connectivity index (χ3n) is 6.49. The molecule has 4 aromatic rings. The fourth-order valence-electron chi connectivity index (χ4n) is 4.75. The van der Waals surface area contributed by atoms with Crippen LogP contribution in [0, 0.1) is 5.82 Å². The van der Waals surface area contributed by atoms with Gasteiger partial charge < -0.3 is 9.30 Å². The number of hydrogen-bond acceptors (Lipinski definition) is 6. The number of sulfonamides is 1. The van der Waals surface area contributed by atoms with E-state index in [1.54, 1.807) is 30.3 Å². The molecule has 0 bridgehead atoms. The first-order valence-electron chi connectivity index (χ1n) is 11.7. The van der Waals surface area contributed by atoms with Crippen LogP contribution in [0.4, 0.5) is 8.78 Å². The lowest BCUT2D eigenvalue weighted by molar-refractivity contribution is 0.0838. The van der Waals surface area contributed by atoms with E-state index >= 15 is 4.39 Å². The molecule has 2 atom stereocenters. The monoisotopic (exact) mass is 561 g/mol. The Bertz CT molecular complexity index is 1750. The summed E-state index contributed by atoms with van der Waals surface area (Å²) >= 11 is 0. The molecule has 1 aromatic heterocycles. The third kappa shape index (κ3) is 4.91. The van der Waals surface area contributed by atoms with Crippen molar-refractivity contribution in [3.05, 3.63) is 77.9 Å². The molecule has 2 heterocycles. The average molecular weight is 562 g/mol. The van der Waals surface area contributed by atoms with Crippen molar-refractivity contribution in [1.82, 2.24) is 13.9 Å². The van der Waals surface area contributed by atoms with Crippen LogP contribution < -0.4 is 4.74 Å². The minimum atomic E-state index is -3.62. The smallest absolute Gasteiger partial charge is 0.235 e. The van der Waals surface area contributed by atoms with Crippen LogP contribution in [0.3, 0.4) is 0 Å². The van der Waals surface area contributed by atoms with E-state index in [2.05, 4.69) is 4.98 Å². The van der Waals surface area contributed by atoms with Gasteiger partial charge in [0, 0.05) is 36.9 Å². The van der Waals surface area contributed by atoms with Crippen molar-refractivity contribution in [2.75, 3.05) is 19.1 Å². The lowest BCUT2D eigenvalue weighted by Gasteiger charge is -2.34. The van der Waals surface area contributed by atoms with Crippen molar-refractivity contribution < 1.29 is 30.4 Å².